The first-order valence-corrected chi connectivity index (χ1v) is 7.44. The first-order valence-electron chi connectivity index (χ1n) is 7.44. The molecule has 2 rings (SSSR count). The smallest absolute Gasteiger partial charge is 0.340 e. The van der Waals surface area contributed by atoms with E-state index in [9.17, 15) is 4.79 Å². The van der Waals surface area contributed by atoms with Gasteiger partial charge in [0.2, 0.25) is 0 Å². The number of nitrogen functional groups attached to an aromatic ring is 1. The predicted octanol–water partition coefficient (Wildman–Crippen LogP) is 3.44. The Morgan fingerprint density at radius 3 is 2.95 bits per heavy atom. The number of benzene rings is 1. The van der Waals surface area contributed by atoms with Gasteiger partial charge in [0.05, 0.1) is 23.5 Å². The molecule has 1 aromatic carbocycles. The molecule has 0 aliphatic heterocycles. The van der Waals surface area contributed by atoms with Crippen LogP contribution in [0.5, 0.6) is 0 Å². The van der Waals surface area contributed by atoms with Gasteiger partial charge in [-0.15, -0.1) is 0 Å². The third-order valence-corrected chi connectivity index (χ3v) is 3.90. The molecule has 20 heavy (non-hydrogen) atoms. The number of hydrogen-bond donors (Lipinski definition) is 2. The molecular formula is C16H24N2O2. The van der Waals surface area contributed by atoms with Gasteiger partial charge >= 0.3 is 5.97 Å². The Kier molecular flexibility index (Phi) is 4.88. The van der Waals surface area contributed by atoms with Gasteiger partial charge in [0.1, 0.15) is 0 Å². The third kappa shape index (κ3) is 3.44. The topological polar surface area (TPSA) is 64.3 Å². The van der Waals surface area contributed by atoms with Crippen LogP contribution >= 0.6 is 0 Å². The molecule has 0 heterocycles. The van der Waals surface area contributed by atoms with Gasteiger partial charge in [-0.2, -0.15) is 0 Å². The average Bonchev–Trinajstić information content (AvgIpc) is 2.41. The van der Waals surface area contributed by atoms with Gasteiger partial charge in [-0.3, -0.25) is 0 Å². The Morgan fingerprint density at radius 1 is 1.45 bits per heavy atom. The van der Waals surface area contributed by atoms with Gasteiger partial charge in [0.15, 0.2) is 0 Å². The van der Waals surface area contributed by atoms with E-state index in [1.807, 2.05) is 12.1 Å². The molecule has 1 aromatic rings. The molecule has 0 spiro atoms. The second-order valence-corrected chi connectivity index (χ2v) is 5.60. The number of carbonyl (C=O) groups excluding carboxylic acids is 1. The van der Waals surface area contributed by atoms with E-state index < -0.39 is 0 Å². The first-order chi connectivity index (χ1) is 9.61. The van der Waals surface area contributed by atoms with Gasteiger partial charge in [-0.25, -0.2) is 4.79 Å². The van der Waals surface area contributed by atoms with Crippen molar-refractivity contribution in [2.45, 2.75) is 45.6 Å². The van der Waals surface area contributed by atoms with Gasteiger partial charge < -0.3 is 15.8 Å². The van der Waals surface area contributed by atoms with Crippen LogP contribution in [0.4, 0.5) is 11.4 Å². The van der Waals surface area contributed by atoms with Crippen molar-refractivity contribution in [1.82, 2.24) is 0 Å². The zero-order valence-corrected chi connectivity index (χ0v) is 12.3. The Hall–Kier alpha value is -1.71. The number of esters is 1. The summed E-state index contributed by atoms with van der Waals surface area (Å²) in [6.45, 7) is 4.43. The molecule has 0 radical (unpaired) electrons. The first kappa shape index (κ1) is 14.7. The van der Waals surface area contributed by atoms with Crippen molar-refractivity contribution in [3.63, 3.8) is 0 Å². The summed E-state index contributed by atoms with van der Waals surface area (Å²) in [5.41, 5.74) is 7.88. The number of carbonyl (C=O) groups is 1. The van der Waals surface area contributed by atoms with Crippen molar-refractivity contribution in [3.05, 3.63) is 23.8 Å². The lowest BCUT2D eigenvalue weighted by Crippen LogP contribution is -2.26. The van der Waals surface area contributed by atoms with E-state index in [-0.39, 0.29) is 5.97 Å². The van der Waals surface area contributed by atoms with Crippen molar-refractivity contribution in [3.8, 4) is 0 Å². The van der Waals surface area contributed by atoms with Crippen LogP contribution in [0, 0.1) is 5.92 Å². The predicted molar refractivity (Wildman–Crippen MR) is 81.9 cm³/mol. The fourth-order valence-electron chi connectivity index (χ4n) is 2.86. The van der Waals surface area contributed by atoms with Crippen molar-refractivity contribution in [1.29, 1.82) is 0 Å². The van der Waals surface area contributed by atoms with Crippen molar-refractivity contribution in [2.24, 2.45) is 5.92 Å². The minimum Gasteiger partial charge on any atom is -0.462 e. The number of anilines is 2. The number of nitrogens with one attached hydrogen (secondary N) is 1. The summed E-state index contributed by atoms with van der Waals surface area (Å²) in [6, 6.07) is 5.93. The maximum absolute atomic E-state index is 11.8. The van der Waals surface area contributed by atoms with E-state index in [1.165, 1.54) is 12.8 Å². The van der Waals surface area contributed by atoms with Crippen molar-refractivity contribution >= 4 is 17.3 Å². The number of ether oxygens (including phenoxy) is 1. The minimum atomic E-state index is -0.356. The zero-order chi connectivity index (χ0) is 14.5. The standard InChI is InChI=1S/C16H24N2O2/c1-3-20-16(19)13-8-5-9-14(15(13)17)18-12-7-4-6-11(2)10-12/h5,8-9,11-12,18H,3-4,6-7,10,17H2,1-2H3. The van der Waals surface area contributed by atoms with Gasteiger partial charge in [-0.1, -0.05) is 25.8 Å². The van der Waals surface area contributed by atoms with Gasteiger partial charge in [-0.05, 0) is 37.8 Å². The fourth-order valence-corrected chi connectivity index (χ4v) is 2.86. The van der Waals surface area contributed by atoms with Crippen molar-refractivity contribution < 1.29 is 9.53 Å². The molecule has 0 bridgehead atoms. The summed E-state index contributed by atoms with van der Waals surface area (Å²) < 4.78 is 5.02. The maximum atomic E-state index is 11.8. The number of para-hydroxylation sites is 1. The summed E-state index contributed by atoms with van der Waals surface area (Å²) in [6.07, 6.45) is 4.86. The molecule has 4 nitrogen and oxygen atoms in total. The van der Waals surface area contributed by atoms with Crippen LogP contribution in [0.25, 0.3) is 0 Å². The molecule has 1 fully saturated rings. The number of hydrogen-bond acceptors (Lipinski definition) is 4. The van der Waals surface area contributed by atoms with Crippen LogP contribution in [0.1, 0.15) is 49.9 Å². The maximum Gasteiger partial charge on any atom is 0.340 e. The number of rotatable bonds is 4. The van der Waals surface area contributed by atoms with E-state index in [4.69, 9.17) is 10.5 Å². The molecule has 0 saturated heterocycles. The second-order valence-electron chi connectivity index (χ2n) is 5.60. The molecular weight excluding hydrogens is 252 g/mol. The summed E-state index contributed by atoms with van der Waals surface area (Å²) in [7, 11) is 0. The molecule has 1 aliphatic carbocycles. The molecule has 2 atom stereocenters. The van der Waals surface area contributed by atoms with Crippen LogP contribution in [0.15, 0.2) is 18.2 Å². The second kappa shape index (κ2) is 6.64. The normalized spacial score (nSPS) is 22.3. The molecule has 0 aromatic heterocycles. The molecule has 1 aliphatic rings. The minimum absolute atomic E-state index is 0.356. The lowest BCUT2D eigenvalue weighted by molar-refractivity contribution is 0.0527. The zero-order valence-electron chi connectivity index (χ0n) is 12.3. The van der Waals surface area contributed by atoms with E-state index >= 15 is 0 Å². The quantitative estimate of drug-likeness (QED) is 0.653. The van der Waals surface area contributed by atoms with E-state index in [0.717, 1.165) is 24.4 Å². The Labute approximate surface area is 120 Å². The molecule has 2 unspecified atom stereocenters. The summed E-state index contributed by atoms with van der Waals surface area (Å²) in [4.78, 5) is 11.8. The summed E-state index contributed by atoms with van der Waals surface area (Å²) in [5.74, 6) is 0.390. The van der Waals surface area contributed by atoms with Crippen LogP contribution < -0.4 is 11.1 Å². The van der Waals surface area contributed by atoms with E-state index in [1.54, 1.807) is 13.0 Å². The highest BCUT2D eigenvalue weighted by atomic mass is 16.5. The SMILES string of the molecule is CCOC(=O)c1cccc(NC2CCCC(C)C2)c1N. The van der Waals surface area contributed by atoms with Crippen LogP contribution in [0.2, 0.25) is 0 Å². The van der Waals surface area contributed by atoms with E-state index in [2.05, 4.69) is 12.2 Å². The molecule has 110 valence electrons. The Morgan fingerprint density at radius 2 is 2.25 bits per heavy atom. The van der Waals surface area contributed by atoms with E-state index in [0.29, 0.717) is 23.9 Å². The highest BCUT2D eigenvalue weighted by molar-refractivity contribution is 5.98. The number of nitrogens with two attached hydrogens (primary N) is 1. The molecule has 0 amide bonds. The summed E-state index contributed by atoms with van der Waals surface area (Å²) >= 11 is 0. The van der Waals surface area contributed by atoms with Gasteiger partial charge in [0, 0.05) is 6.04 Å². The monoisotopic (exact) mass is 276 g/mol. The summed E-state index contributed by atoms with van der Waals surface area (Å²) in [5, 5.41) is 3.48. The Balaban J connectivity index is 2.12. The molecule has 1 saturated carbocycles. The molecule has 3 N–H and O–H groups in total. The lowest BCUT2D eigenvalue weighted by atomic mass is 9.87. The van der Waals surface area contributed by atoms with Crippen molar-refractivity contribution in [2.75, 3.05) is 17.7 Å². The van der Waals surface area contributed by atoms with Crippen LogP contribution in [-0.4, -0.2) is 18.6 Å². The average molecular weight is 276 g/mol. The lowest BCUT2D eigenvalue weighted by Gasteiger charge is -2.29. The molecule has 4 heteroatoms. The largest absolute Gasteiger partial charge is 0.462 e. The third-order valence-electron chi connectivity index (χ3n) is 3.90. The highest BCUT2D eigenvalue weighted by Crippen LogP contribution is 2.29. The highest BCUT2D eigenvalue weighted by Gasteiger charge is 2.20. The fraction of sp³-hybridized carbons (Fsp3) is 0.562. The van der Waals surface area contributed by atoms with Crippen LogP contribution in [-0.2, 0) is 4.74 Å². The Bertz CT molecular complexity index is 474. The van der Waals surface area contributed by atoms with Crippen LogP contribution in [0.3, 0.4) is 0 Å². The van der Waals surface area contributed by atoms with Gasteiger partial charge in [0.25, 0.3) is 0 Å².